The topological polar surface area (TPSA) is 82.3 Å². The van der Waals surface area contributed by atoms with Gasteiger partial charge in [-0.25, -0.2) is 9.67 Å². The number of carbonyl (C=O) groups is 1. The summed E-state index contributed by atoms with van der Waals surface area (Å²) in [6.07, 6.45) is 4.20. The van der Waals surface area contributed by atoms with Crippen LogP contribution in [0.15, 0.2) is 53.8 Å². The molecular formula is C22H23N5O2. The minimum absolute atomic E-state index is 0.173. The molecule has 2 aromatic heterocycles. The van der Waals surface area contributed by atoms with Gasteiger partial charge in [0, 0.05) is 24.7 Å². The van der Waals surface area contributed by atoms with Crippen molar-refractivity contribution in [1.82, 2.24) is 20.0 Å². The fraction of sp³-hybridized carbons (Fsp3) is 0.318. The standard InChI is InChI=1S/C22H23N5O2/c1-15(16-6-4-3-5-7-16)10-19(28)12-18-11-17-13-23-22(29-2)21(17)20(25-18)14-27-9-8-24-26-27/h3-9,11,15H,10,12-14H2,1-2H3/t15-/m0/s1. The third-order valence-electron chi connectivity index (χ3n) is 5.09. The average molecular weight is 389 g/mol. The van der Waals surface area contributed by atoms with Gasteiger partial charge in [0.1, 0.15) is 5.78 Å². The second-order valence-electron chi connectivity index (χ2n) is 7.25. The molecule has 29 heavy (non-hydrogen) atoms. The fourth-order valence-corrected chi connectivity index (χ4v) is 3.70. The summed E-state index contributed by atoms with van der Waals surface area (Å²) in [4.78, 5) is 21.9. The summed E-state index contributed by atoms with van der Waals surface area (Å²) >= 11 is 0. The molecule has 0 aliphatic carbocycles. The highest BCUT2D eigenvalue weighted by Gasteiger charge is 2.24. The maximum atomic E-state index is 12.7. The minimum atomic E-state index is 0.173. The molecule has 1 atom stereocenters. The molecule has 0 spiro atoms. The van der Waals surface area contributed by atoms with Crippen LogP contribution in [0.3, 0.4) is 0 Å². The van der Waals surface area contributed by atoms with Gasteiger partial charge < -0.3 is 4.74 Å². The molecule has 148 valence electrons. The van der Waals surface area contributed by atoms with Crippen LogP contribution >= 0.6 is 0 Å². The number of aromatic nitrogens is 4. The van der Waals surface area contributed by atoms with Gasteiger partial charge in [0.2, 0.25) is 5.90 Å². The van der Waals surface area contributed by atoms with Crippen LogP contribution in [0.5, 0.6) is 0 Å². The van der Waals surface area contributed by atoms with E-state index >= 15 is 0 Å². The van der Waals surface area contributed by atoms with E-state index in [2.05, 4.69) is 34.4 Å². The summed E-state index contributed by atoms with van der Waals surface area (Å²) in [7, 11) is 1.61. The molecule has 0 radical (unpaired) electrons. The molecule has 1 aliphatic rings. The van der Waals surface area contributed by atoms with Gasteiger partial charge in [0.15, 0.2) is 0 Å². The first-order chi connectivity index (χ1) is 14.1. The summed E-state index contributed by atoms with van der Waals surface area (Å²) in [5.74, 6) is 0.931. The van der Waals surface area contributed by atoms with Crippen LogP contribution in [0.4, 0.5) is 0 Å². The van der Waals surface area contributed by atoms with Crippen molar-refractivity contribution in [3.63, 3.8) is 0 Å². The first-order valence-corrected chi connectivity index (χ1v) is 9.65. The Morgan fingerprint density at radius 2 is 2.10 bits per heavy atom. The van der Waals surface area contributed by atoms with Gasteiger partial charge in [-0.2, -0.15) is 0 Å². The molecule has 3 heterocycles. The van der Waals surface area contributed by atoms with Crippen molar-refractivity contribution in [1.29, 1.82) is 0 Å². The number of ether oxygens (including phenoxy) is 1. The number of pyridine rings is 1. The maximum absolute atomic E-state index is 12.7. The predicted octanol–water partition coefficient (Wildman–Crippen LogP) is 2.93. The Morgan fingerprint density at radius 3 is 2.83 bits per heavy atom. The van der Waals surface area contributed by atoms with Gasteiger partial charge in [0.25, 0.3) is 0 Å². The quantitative estimate of drug-likeness (QED) is 0.620. The smallest absolute Gasteiger partial charge is 0.218 e. The van der Waals surface area contributed by atoms with Crippen molar-refractivity contribution in [2.45, 2.75) is 38.8 Å². The zero-order chi connectivity index (χ0) is 20.2. The molecule has 0 fully saturated rings. The second kappa shape index (κ2) is 8.34. The lowest BCUT2D eigenvalue weighted by atomic mass is 9.94. The largest absolute Gasteiger partial charge is 0.481 e. The molecule has 0 bridgehead atoms. The lowest BCUT2D eigenvalue weighted by Gasteiger charge is -2.13. The van der Waals surface area contributed by atoms with Crippen LogP contribution in [0.2, 0.25) is 0 Å². The van der Waals surface area contributed by atoms with Crippen molar-refractivity contribution in [2.24, 2.45) is 4.99 Å². The van der Waals surface area contributed by atoms with Gasteiger partial charge in [-0.1, -0.05) is 42.5 Å². The molecule has 7 heteroatoms. The van der Waals surface area contributed by atoms with E-state index in [1.165, 1.54) is 5.56 Å². The number of nitrogens with zero attached hydrogens (tertiary/aromatic N) is 5. The van der Waals surface area contributed by atoms with Crippen LogP contribution in [0, 0.1) is 0 Å². The fourth-order valence-electron chi connectivity index (χ4n) is 3.70. The van der Waals surface area contributed by atoms with E-state index in [4.69, 9.17) is 9.72 Å². The molecule has 7 nitrogen and oxygen atoms in total. The van der Waals surface area contributed by atoms with Crippen LogP contribution in [-0.4, -0.2) is 38.8 Å². The van der Waals surface area contributed by atoms with Crippen molar-refractivity contribution < 1.29 is 9.53 Å². The van der Waals surface area contributed by atoms with Gasteiger partial charge in [-0.3, -0.25) is 9.78 Å². The molecule has 0 saturated heterocycles. The molecule has 0 amide bonds. The number of carbonyl (C=O) groups excluding carboxylic acids is 1. The number of methoxy groups -OCH3 is 1. The Bertz CT molecular complexity index is 1030. The highest BCUT2D eigenvalue weighted by atomic mass is 16.5. The van der Waals surface area contributed by atoms with E-state index in [9.17, 15) is 4.79 Å². The summed E-state index contributed by atoms with van der Waals surface area (Å²) in [5, 5.41) is 7.88. The Hall–Kier alpha value is -3.35. The van der Waals surface area contributed by atoms with E-state index in [-0.39, 0.29) is 11.7 Å². The van der Waals surface area contributed by atoms with Crippen molar-refractivity contribution in [3.8, 4) is 0 Å². The summed E-state index contributed by atoms with van der Waals surface area (Å²) in [6.45, 7) is 3.07. The first kappa shape index (κ1) is 19.0. The number of hydrogen-bond donors (Lipinski definition) is 0. The van der Waals surface area contributed by atoms with Crippen LogP contribution in [0.25, 0.3) is 0 Å². The van der Waals surface area contributed by atoms with E-state index in [0.717, 1.165) is 22.5 Å². The number of benzene rings is 1. The van der Waals surface area contributed by atoms with Crippen LogP contribution in [0.1, 0.15) is 47.3 Å². The normalized spacial score (nSPS) is 13.7. The Balaban J connectivity index is 1.54. The highest BCUT2D eigenvalue weighted by molar-refractivity contribution is 5.98. The Labute approximate surface area is 169 Å². The number of Topliss-reactive ketones (excluding diaryl/α,β-unsaturated/α-hetero) is 1. The number of aliphatic imine (C=N–C) groups is 1. The summed E-state index contributed by atoms with van der Waals surface area (Å²) in [6, 6.07) is 12.1. The molecule has 1 aliphatic heterocycles. The first-order valence-electron chi connectivity index (χ1n) is 9.65. The van der Waals surface area contributed by atoms with Gasteiger partial charge in [-0.15, -0.1) is 5.10 Å². The van der Waals surface area contributed by atoms with E-state index in [0.29, 0.717) is 31.8 Å². The number of ketones is 1. The zero-order valence-electron chi connectivity index (χ0n) is 16.6. The van der Waals surface area contributed by atoms with Crippen molar-refractivity contribution in [2.75, 3.05) is 7.11 Å². The monoisotopic (exact) mass is 389 g/mol. The summed E-state index contributed by atoms with van der Waals surface area (Å²) < 4.78 is 7.12. The molecule has 0 saturated carbocycles. The third-order valence-corrected chi connectivity index (χ3v) is 5.09. The summed E-state index contributed by atoms with van der Waals surface area (Å²) in [5.41, 5.74) is 4.66. The van der Waals surface area contributed by atoms with Crippen molar-refractivity contribution in [3.05, 3.63) is 76.9 Å². The van der Waals surface area contributed by atoms with Crippen LogP contribution < -0.4 is 0 Å². The molecule has 4 rings (SSSR count). The minimum Gasteiger partial charge on any atom is -0.481 e. The lowest BCUT2D eigenvalue weighted by Crippen LogP contribution is -2.15. The molecule has 0 N–H and O–H groups in total. The second-order valence-corrected chi connectivity index (χ2v) is 7.25. The third kappa shape index (κ3) is 4.23. The average Bonchev–Trinajstić information content (AvgIpc) is 3.38. The highest BCUT2D eigenvalue weighted by Crippen LogP contribution is 2.25. The maximum Gasteiger partial charge on any atom is 0.218 e. The number of fused-ring (bicyclic) bond motifs is 1. The molecule has 3 aromatic rings. The zero-order valence-corrected chi connectivity index (χ0v) is 16.6. The Kier molecular flexibility index (Phi) is 5.46. The van der Waals surface area contributed by atoms with E-state index < -0.39 is 0 Å². The van der Waals surface area contributed by atoms with Crippen molar-refractivity contribution >= 4 is 11.7 Å². The van der Waals surface area contributed by atoms with Gasteiger partial charge in [0.05, 0.1) is 37.7 Å². The SMILES string of the molecule is COC1=NCc2cc(CC(=O)C[C@H](C)c3ccccc3)nc(Cn3ccnn3)c21. The molecular weight excluding hydrogens is 366 g/mol. The number of hydrogen-bond acceptors (Lipinski definition) is 6. The van der Waals surface area contributed by atoms with E-state index in [1.54, 1.807) is 24.2 Å². The molecule has 0 unspecified atom stereocenters. The Morgan fingerprint density at radius 1 is 1.28 bits per heavy atom. The van der Waals surface area contributed by atoms with Gasteiger partial charge >= 0.3 is 0 Å². The predicted molar refractivity (Wildman–Crippen MR) is 109 cm³/mol. The van der Waals surface area contributed by atoms with E-state index in [1.807, 2.05) is 24.3 Å². The molecule has 1 aromatic carbocycles. The van der Waals surface area contributed by atoms with Gasteiger partial charge in [-0.05, 0) is 23.1 Å². The van der Waals surface area contributed by atoms with Crippen LogP contribution in [-0.2, 0) is 29.0 Å². The lowest BCUT2D eigenvalue weighted by molar-refractivity contribution is -0.118. The number of rotatable bonds is 7.